The first-order chi connectivity index (χ1) is 7.06. The van der Waals surface area contributed by atoms with Gasteiger partial charge in [-0.05, 0) is 20.8 Å². The van der Waals surface area contributed by atoms with Crippen molar-refractivity contribution >= 4 is 17.5 Å². The molecule has 5 heteroatoms. The monoisotopic (exact) mass is 225 g/mol. The van der Waals surface area contributed by atoms with Crippen molar-refractivity contribution in [1.29, 1.82) is 0 Å². The maximum Gasteiger partial charge on any atom is 0.192 e. The molecule has 0 aromatic carbocycles. The van der Waals surface area contributed by atoms with E-state index in [1.165, 1.54) is 11.8 Å². The van der Waals surface area contributed by atoms with Crippen molar-refractivity contribution in [3.63, 3.8) is 0 Å². The highest BCUT2D eigenvalue weighted by Crippen LogP contribution is 2.22. The van der Waals surface area contributed by atoms with E-state index in [1.807, 2.05) is 18.4 Å². The van der Waals surface area contributed by atoms with Crippen LogP contribution in [0, 0.1) is 6.92 Å². The molecule has 0 saturated carbocycles. The lowest BCUT2D eigenvalue weighted by Crippen LogP contribution is -2.10. The Kier molecular flexibility index (Phi) is 4.08. The topological polar surface area (TPSA) is 47.8 Å². The molecule has 1 aromatic heterocycles. The first kappa shape index (κ1) is 12.0. The minimum atomic E-state index is -0.0860. The summed E-state index contributed by atoms with van der Waals surface area (Å²) >= 11 is 1.43. The van der Waals surface area contributed by atoms with E-state index in [2.05, 4.69) is 16.8 Å². The molecule has 0 spiro atoms. The minimum Gasteiger partial charge on any atom is -0.302 e. The Balaban J connectivity index is 2.84. The van der Waals surface area contributed by atoms with E-state index in [0.717, 1.165) is 11.0 Å². The third-order valence-electron chi connectivity index (χ3n) is 2.07. The van der Waals surface area contributed by atoms with Crippen molar-refractivity contribution in [2.75, 3.05) is 0 Å². The molecule has 0 bridgehead atoms. The molecule has 0 radical (unpaired) electrons. The maximum absolute atomic E-state index is 11.1. The summed E-state index contributed by atoms with van der Waals surface area (Å²) in [5.74, 6) is 0.985. The van der Waals surface area contributed by atoms with Gasteiger partial charge in [0.2, 0.25) is 0 Å². The third kappa shape index (κ3) is 2.92. The lowest BCUT2D eigenvalue weighted by Gasteiger charge is -2.08. The van der Waals surface area contributed by atoms with Crippen molar-refractivity contribution in [1.82, 2.24) is 14.8 Å². The van der Waals surface area contributed by atoms with Crippen LogP contribution in [-0.2, 0) is 11.3 Å². The van der Waals surface area contributed by atoms with Crippen LogP contribution < -0.4 is 0 Å². The highest BCUT2D eigenvalue weighted by Gasteiger charge is 2.15. The number of thioether (sulfide) groups is 1. The van der Waals surface area contributed by atoms with Crippen LogP contribution in [0.4, 0.5) is 0 Å². The lowest BCUT2D eigenvalue weighted by atomic mass is 10.3. The van der Waals surface area contributed by atoms with Crippen LogP contribution in [0.5, 0.6) is 0 Å². The fourth-order valence-electron chi connectivity index (χ4n) is 1.03. The largest absolute Gasteiger partial charge is 0.302 e. The van der Waals surface area contributed by atoms with Gasteiger partial charge in [0.15, 0.2) is 5.16 Å². The van der Waals surface area contributed by atoms with E-state index in [4.69, 9.17) is 0 Å². The highest BCUT2D eigenvalue weighted by molar-refractivity contribution is 8.00. The van der Waals surface area contributed by atoms with E-state index in [9.17, 15) is 4.79 Å². The molecule has 0 saturated heterocycles. The molecule has 0 amide bonds. The number of hydrogen-bond donors (Lipinski definition) is 0. The molecule has 0 aliphatic rings. The lowest BCUT2D eigenvalue weighted by molar-refractivity contribution is -0.116. The molecule has 0 fully saturated rings. The number of rotatable bonds is 5. The number of carbonyl (C=O) groups excluding carboxylic acids is 1. The number of aromatic nitrogens is 3. The van der Waals surface area contributed by atoms with Crippen LogP contribution in [-0.4, -0.2) is 25.8 Å². The standard InChI is InChI=1S/C10H15N3OS/c1-5-6-13-9(4)11-12-10(13)15-8(3)7(2)14/h5,8H,1,6H2,2-4H3. The number of ketones is 1. The van der Waals surface area contributed by atoms with Crippen LogP contribution >= 0.6 is 11.8 Å². The van der Waals surface area contributed by atoms with Crippen LogP contribution in [0.25, 0.3) is 0 Å². The van der Waals surface area contributed by atoms with E-state index in [-0.39, 0.29) is 11.0 Å². The molecule has 1 heterocycles. The van der Waals surface area contributed by atoms with Crippen LogP contribution in [0.3, 0.4) is 0 Å². The van der Waals surface area contributed by atoms with Crippen LogP contribution in [0.1, 0.15) is 19.7 Å². The van der Waals surface area contributed by atoms with Gasteiger partial charge < -0.3 is 4.57 Å². The normalized spacial score (nSPS) is 12.5. The molecule has 0 N–H and O–H groups in total. The minimum absolute atomic E-state index is 0.0860. The molecule has 0 aliphatic heterocycles. The van der Waals surface area contributed by atoms with E-state index >= 15 is 0 Å². The fraction of sp³-hybridized carbons (Fsp3) is 0.500. The summed E-state index contributed by atoms with van der Waals surface area (Å²) in [4.78, 5) is 11.1. The van der Waals surface area contributed by atoms with Gasteiger partial charge >= 0.3 is 0 Å². The van der Waals surface area contributed by atoms with Crippen molar-refractivity contribution in [3.05, 3.63) is 18.5 Å². The molecule has 1 aromatic rings. The Morgan fingerprint density at radius 2 is 2.33 bits per heavy atom. The summed E-state index contributed by atoms with van der Waals surface area (Å²) in [7, 11) is 0. The zero-order valence-corrected chi connectivity index (χ0v) is 10.0. The molecular formula is C10H15N3OS. The van der Waals surface area contributed by atoms with Gasteiger partial charge in [0, 0.05) is 6.54 Å². The second-order valence-electron chi connectivity index (χ2n) is 3.30. The number of hydrogen-bond acceptors (Lipinski definition) is 4. The molecule has 4 nitrogen and oxygen atoms in total. The van der Waals surface area contributed by atoms with Crippen molar-refractivity contribution in [2.45, 2.75) is 37.7 Å². The Labute approximate surface area is 93.8 Å². The second kappa shape index (κ2) is 5.11. The number of Topliss-reactive ketones (excluding diaryl/α,β-unsaturated/α-hetero) is 1. The summed E-state index contributed by atoms with van der Waals surface area (Å²) in [6.45, 7) is 9.69. The number of carbonyl (C=O) groups is 1. The van der Waals surface area contributed by atoms with Gasteiger partial charge in [-0.1, -0.05) is 17.8 Å². The first-order valence-electron chi connectivity index (χ1n) is 4.74. The molecule has 82 valence electrons. The maximum atomic E-state index is 11.1. The Hall–Kier alpha value is -1.10. The zero-order chi connectivity index (χ0) is 11.4. The first-order valence-corrected chi connectivity index (χ1v) is 5.62. The second-order valence-corrected chi connectivity index (χ2v) is 4.61. The van der Waals surface area contributed by atoms with Crippen molar-refractivity contribution in [3.8, 4) is 0 Å². The van der Waals surface area contributed by atoms with E-state index in [1.54, 1.807) is 13.0 Å². The molecule has 1 rings (SSSR count). The predicted octanol–water partition coefficient (Wildman–Crippen LogP) is 1.84. The molecule has 15 heavy (non-hydrogen) atoms. The van der Waals surface area contributed by atoms with Gasteiger partial charge in [0.1, 0.15) is 11.6 Å². The van der Waals surface area contributed by atoms with Gasteiger partial charge in [-0.2, -0.15) is 0 Å². The van der Waals surface area contributed by atoms with E-state index < -0.39 is 0 Å². The smallest absolute Gasteiger partial charge is 0.192 e. The zero-order valence-electron chi connectivity index (χ0n) is 9.23. The summed E-state index contributed by atoms with van der Waals surface area (Å²) in [6.07, 6.45) is 1.79. The number of allylic oxidation sites excluding steroid dienone is 1. The summed E-state index contributed by atoms with van der Waals surface area (Å²) in [5, 5.41) is 8.70. The predicted molar refractivity (Wildman–Crippen MR) is 61.0 cm³/mol. The quantitative estimate of drug-likeness (QED) is 0.566. The molecule has 0 aliphatic carbocycles. The average Bonchev–Trinajstić information content (AvgIpc) is 2.50. The Bertz CT molecular complexity index is 373. The van der Waals surface area contributed by atoms with Gasteiger partial charge in [-0.25, -0.2) is 0 Å². The van der Waals surface area contributed by atoms with Gasteiger partial charge in [-0.15, -0.1) is 16.8 Å². The molecule has 1 unspecified atom stereocenters. The van der Waals surface area contributed by atoms with Gasteiger partial charge in [0.25, 0.3) is 0 Å². The molecule has 1 atom stereocenters. The number of aryl methyl sites for hydroxylation is 1. The number of nitrogens with zero attached hydrogens (tertiary/aromatic N) is 3. The van der Waals surface area contributed by atoms with E-state index in [0.29, 0.717) is 6.54 Å². The SMILES string of the molecule is C=CCn1c(C)nnc1SC(C)C(C)=O. The van der Waals surface area contributed by atoms with Crippen molar-refractivity contribution < 1.29 is 4.79 Å². The Morgan fingerprint density at radius 3 is 2.87 bits per heavy atom. The Morgan fingerprint density at radius 1 is 1.67 bits per heavy atom. The van der Waals surface area contributed by atoms with Crippen LogP contribution in [0.2, 0.25) is 0 Å². The molecular weight excluding hydrogens is 210 g/mol. The fourth-order valence-corrected chi connectivity index (χ4v) is 1.93. The summed E-state index contributed by atoms with van der Waals surface area (Å²) in [6, 6.07) is 0. The third-order valence-corrected chi connectivity index (χ3v) is 3.27. The highest BCUT2D eigenvalue weighted by atomic mass is 32.2. The summed E-state index contributed by atoms with van der Waals surface area (Å²) in [5.41, 5.74) is 0. The van der Waals surface area contributed by atoms with Gasteiger partial charge in [-0.3, -0.25) is 4.79 Å². The van der Waals surface area contributed by atoms with Crippen molar-refractivity contribution in [2.24, 2.45) is 0 Å². The summed E-state index contributed by atoms with van der Waals surface area (Å²) < 4.78 is 1.94. The average molecular weight is 225 g/mol. The van der Waals surface area contributed by atoms with Crippen LogP contribution in [0.15, 0.2) is 17.8 Å². The van der Waals surface area contributed by atoms with Gasteiger partial charge in [0.05, 0.1) is 5.25 Å².